The first kappa shape index (κ1) is 26.7. The number of halogens is 4. The zero-order valence-corrected chi connectivity index (χ0v) is 20.5. The van der Waals surface area contributed by atoms with Crippen LogP contribution in [0.1, 0.15) is 32.1 Å². The maximum Gasteiger partial charge on any atom is 0.338 e. The summed E-state index contributed by atoms with van der Waals surface area (Å²) >= 11 is 11.4. The number of amides is 1. The lowest BCUT2D eigenvalue weighted by Crippen LogP contribution is -2.15. The number of hydrogen-bond acceptors (Lipinski definition) is 4. The molecule has 0 bridgehead atoms. The van der Waals surface area contributed by atoms with Gasteiger partial charge in [-0.25, -0.2) is 13.6 Å². The molecule has 2 aromatic heterocycles. The Labute approximate surface area is 215 Å². The molecular weight excluding hydrogens is 511 g/mol. The van der Waals surface area contributed by atoms with Crippen LogP contribution < -0.4 is 5.73 Å². The van der Waals surface area contributed by atoms with Crippen LogP contribution in [-0.2, 0) is 0 Å². The van der Waals surface area contributed by atoms with E-state index >= 15 is 0 Å². The van der Waals surface area contributed by atoms with Gasteiger partial charge in [0, 0.05) is 44.7 Å². The van der Waals surface area contributed by atoms with Crippen molar-refractivity contribution >= 4 is 35.1 Å². The van der Waals surface area contributed by atoms with Gasteiger partial charge in [-0.3, -0.25) is 14.8 Å². The van der Waals surface area contributed by atoms with Crippen molar-refractivity contribution in [3.8, 4) is 22.3 Å². The lowest BCUT2D eigenvalue weighted by Gasteiger charge is -2.10. The molecule has 0 saturated carbocycles. The molecule has 4 aromatic rings. The molecule has 0 spiro atoms. The number of carboxylic acids is 1. The molecule has 36 heavy (non-hydrogen) atoms. The molecule has 4 rings (SSSR count). The van der Waals surface area contributed by atoms with E-state index in [2.05, 4.69) is 9.97 Å². The first-order valence-electron chi connectivity index (χ1n) is 10.4. The number of rotatable bonds is 4. The largest absolute Gasteiger partial charge is 0.478 e. The average molecular weight is 530 g/mol. The van der Waals surface area contributed by atoms with Gasteiger partial charge < -0.3 is 10.8 Å². The average Bonchev–Trinajstić information content (AvgIpc) is 2.79. The maximum atomic E-state index is 13.9. The molecule has 0 aliphatic carbocycles. The molecule has 0 aliphatic rings. The minimum Gasteiger partial charge on any atom is -0.478 e. The Morgan fingerprint density at radius 3 is 1.56 bits per heavy atom. The van der Waals surface area contributed by atoms with Crippen molar-refractivity contribution in [2.45, 2.75) is 13.8 Å². The van der Waals surface area contributed by atoms with Crippen LogP contribution in [0.25, 0.3) is 22.3 Å². The zero-order valence-electron chi connectivity index (χ0n) is 19.0. The smallest absolute Gasteiger partial charge is 0.338 e. The molecule has 0 unspecified atom stereocenters. The molecule has 0 radical (unpaired) electrons. The van der Waals surface area contributed by atoms with Gasteiger partial charge in [-0.05, 0) is 62.4 Å². The predicted octanol–water partition coefficient (Wildman–Crippen LogP) is 6.50. The summed E-state index contributed by atoms with van der Waals surface area (Å²) < 4.78 is 27.7. The number of pyridine rings is 2. The van der Waals surface area contributed by atoms with Crippen molar-refractivity contribution < 1.29 is 23.5 Å². The van der Waals surface area contributed by atoms with Gasteiger partial charge >= 0.3 is 5.97 Å². The van der Waals surface area contributed by atoms with Crippen LogP contribution in [0, 0.1) is 25.5 Å². The summed E-state index contributed by atoms with van der Waals surface area (Å²) in [6.45, 7) is 3.22. The fraction of sp³-hybridized carbons (Fsp3) is 0.0769. The molecule has 10 heteroatoms. The first-order chi connectivity index (χ1) is 17.0. The summed E-state index contributed by atoms with van der Waals surface area (Å²) in [5.74, 6) is -2.83. The van der Waals surface area contributed by atoms with E-state index in [4.69, 9.17) is 34.0 Å². The number of aryl methyl sites for hydroxylation is 2. The molecule has 0 fully saturated rings. The summed E-state index contributed by atoms with van der Waals surface area (Å²) in [4.78, 5) is 30.5. The van der Waals surface area contributed by atoms with Gasteiger partial charge in [-0.2, -0.15) is 0 Å². The SMILES string of the molecule is Cc1nccc(-c2ccc(Cl)cc2F)c1C(=O)O.Cc1nccc(-c2ccc(Cl)cc2F)c1C(N)=O. The quantitative estimate of drug-likeness (QED) is 0.314. The van der Waals surface area contributed by atoms with Crippen LogP contribution in [-0.4, -0.2) is 27.0 Å². The van der Waals surface area contributed by atoms with Gasteiger partial charge in [0.15, 0.2) is 0 Å². The Hall–Kier alpha value is -3.88. The van der Waals surface area contributed by atoms with Crippen molar-refractivity contribution in [1.29, 1.82) is 0 Å². The van der Waals surface area contributed by atoms with Crippen LogP contribution in [0.4, 0.5) is 8.78 Å². The molecule has 2 heterocycles. The van der Waals surface area contributed by atoms with Crippen molar-refractivity contribution in [3.05, 3.63) is 105 Å². The molecule has 184 valence electrons. The van der Waals surface area contributed by atoms with Gasteiger partial charge in [0.2, 0.25) is 0 Å². The fourth-order valence-corrected chi connectivity index (χ4v) is 3.90. The van der Waals surface area contributed by atoms with E-state index in [1.54, 1.807) is 26.0 Å². The third-order valence-electron chi connectivity index (χ3n) is 5.18. The standard InChI is InChI=1S/C13H10ClFN2O.C13H9ClFNO2/c1-7-12(13(16)18)10(4-5-17-7)9-3-2-8(14)6-11(9)15;1-7-12(13(17)18)10(4-5-16-7)9-3-2-8(14)6-11(9)15/h2-6H,1H3,(H2,16,18);2-6H,1H3,(H,17,18). The van der Waals surface area contributed by atoms with Crippen LogP contribution in [0.5, 0.6) is 0 Å². The second-order valence-corrected chi connectivity index (χ2v) is 8.43. The van der Waals surface area contributed by atoms with Crippen molar-refractivity contribution in [3.63, 3.8) is 0 Å². The third-order valence-corrected chi connectivity index (χ3v) is 5.65. The first-order valence-corrected chi connectivity index (χ1v) is 11.1. The topological polar surface area (TPSA) is 106 Å². The van der Waals surface area contributed by atoms with E-state index < -0.39 is 23.5 Å². The summed E-state index contributed by atoms with van der Waals surface area (Å²) in [5.41, 5.74) is 7.52. The number of primary amides is 1. The normalized spacial score (nSPS) is 10.4. The Balaban J connectivity index is 0.000000201. The monoisotopic (exact) mass is 529 g/mol. The van der Waals surface area contributed by atoms with Gasteiger partial charge in [0.1, 0.15) is 11.6 Å². The number of hydrogen-bond donors (Lipinski definition) is 2. The number of nitrogens with zero attached hydrogens (tertiary/aromatic N) is 2. The number of carbonyl (C=O) groups is 2. The summed E-state index contributed by atoms with van der Waals surface area (Å²) in [6.07, 6.45) is 2.95. The number of carboxylic acid groups (broad SMARTS) is 1. The molecule has 1 amide bonds. The zero-order chi connectivity index (χ0) is 26.6. The molecular formula is C26H19Cl2F2N3O3. The van der Waals surface area contributed by atoms with Gasteiger partial charge in [0.25, 0.3) is 5.91 Å². The predicted molar refractivity (Wildman–Crippen MR) is 134 cm³/mol. The molecule has 0 aliphatic heterocycles. The van der Waals surface area contributed by atoms with Crippen molar-refractivity contribution in [2.24, 2.45) is 5.73 Å². The summed E-state index contributed by atoms with van der Waals surface area (Å²) in [5, 5.41) is 9.72. The second kappa shape index (κ2) is 11.2. The van der Waals surface area contributed by atoms with Crippen molar-refractivity contribution in [2.75, 3.05) is 0 Å². The lowest BCUT2D eigenvalue weighted by atomic mass is 9.98. The summed E-state index contributed by atoms with van der Waals surface area (Å²) in [6, 6.07) is 11.4. The Morgan fingerprint density at radius 1 is 0.750 bits per heavy atom. The highest BCUT2D eigenvalue weighted by Gasteiger charge is 2.18. The van der Waals surface area contributed by atoms with E-state index in [0.29, 0.717) is 27.5 Å². The summed E-state index contributed by atoms with van der Waals surface area (Å²) in [7, 11) is 0. The maximum absolute atomic E-state index is 13.9. The molecule has 0 atom stereocenters. The van der Waals surface area contributed by atoms with Gasteiger partial charge in [-0.15, -0.1) is 0 Å². The van der Waals surface area contributed by atoms with Crippen LogP contribution in [0.3, 0.4) is 0 Å². The number of aromatic nitrogens is 2. The van der Waals surface area contributed by atoms with E-state index in [0.717, 1.165) is 6.07 Å². The Morgan fingerprint density at radius 2 is 1.17 bits per heavy atom. The Kier molecular flexibility index (Phi) is 8.34. The molecule has 0 saturated heterocycles. The number of nitrogens with two attached hydrogens (primary N) is 1. The minimum atomic E-state index is -1.13. The van der Waals surface area contributed by atoms with E-state index in [-0.39, 0.29) is 27.3 Å². The number of benzene rings is 2. The highest BCUT2D eigenvalue weighted by molar-refractivity contribution is 6.31. The van der Waals surface area contributed by atoms with Crippen molar-refractivity contribution in [1.82, 2.24) is 9.97 Å². The van der Waals surface area contributed by atoms with Gasteiger partial charge in [-0.1, -0.05) is 23.2 Å². The van der Waals surface area contributed by atoms with Crippen LogP contribution >= 0.6 is 23.2 Å². The van der Waals surface area contributed by atoms with E-state index in [9.17, 15) is 18.4 Å². The molecule has 6 nitrogen and oxygen atoms in total. The van der Waals surface area contributed by atoms with Crippen LogP contribution in [0.15, 0.2) is 60.9 Å². The van der Waals surface area contributed by atoms with E-state index in [1.165, 1.54) is 42.7 Å². The highest BCUT2D eigenvalue weighted by Crippen LogP contribution is 2.30. The van der Waals surface area contributed by atoms with Crippen LogP contribution in [0.2, 0.25) is 10.0 Å². The number of carbonyl (C=O) groups excluding carboxylic acids is 1. The third kappa shape index (κ3) is 5.84. The minimum absolute atomic E-state index is 0.00118. The molecule has 3 N–H and O–H groups in total. The number of aromatic carboxylic acids is 1. The molecule has 2 aromatic carbocycles. The Bertz CT molecular complexity index is 1370. The van der Waals surface area contributed by atoms with Gasteiger partial charge in [0.05, 0.1) is 22.5 Å². The fourth-order valence-electron chi connectivity index (χ4n) is 3.58. The lowest BCUT2D eigenvalue weighted by molar-refractivity contribution is 0.0696. The second-order valence-electron chi connectivity index (χ2n) is 7.56. The highest BCUT2D eigenvalue weighted by atomic mass is 35.5. The van der Waals surface area contributed by atoms with E-state index in [1.807, 2.05) is 0 Å².